The van der Waals surface area contributed by atoms with E-state index in [9.17, 15) is 9.59 Å². The maximum atomic E-state index is 12.2. The summed E-state index contributed by atoms with van der Waals surface area (Å²) in [4.78, 5) is 30.1. The SMILES string of the molecule is O=C(NCCc1c[nH]c2ccccc12)C1CN(C(=O)c2cccs2)C1. The van der Waals surface area contributed by atoms with Gasteiger partial charge < -0.3 is 15.2 Å². The van der Waals surface area contributed by atoms with Crippen LogP contribution in [0, 0.1) is 5.92 Å². The van der Waals surface area contributed by atoms with Crippen molar-refractivity contribution in [2.24, 2.45) is 5.92 Å². The van der Waals surface area contributed by atoms with Gasteiger partial charge in [0.1, 0.15) is 0 Å². The smallest absolute Gasteiger partial charge is 0.263 e. The molecule has 5 nitrogen and oxygen atoms in total. The molecule has 0 unspecified atom stereocenters. The molecule has 25 heavy (non-hydrogen) atoms. The highest BCUT2D eigenvalue weighted by Gasteiger charge is 2.36. The van der Waals surface area contributed by atoms with Gasteiger partial charge in [0, 0.05) is 36.7 Å². The molecular formula is C19H19N3O2S. The molecule has 3 aromatic rings. The maximum absolute atomic E-state index is 12.2. The third-order valence-corrected chi connectivity index (χ3v) is 5.50. The molecule has 0 bridgehead atoms. The number of aromatic amines is 1. The fourth-order valence-corrected chi connectivity index (χ4v) is 3.86. The van der Waals surface area contributed by atoms with Crippen LogP contribution in [0.5, 0.6) is 0 Å². The van der Waals surface area contributed by atoms with Crippen molar-refractivity contribution in [3.63, 3.8) is 0 Å². The van der Waals surface area contributed by atoms with Crippen LogP contribution in [0.1, 0.15) is 15.2 Å². The molecule has 2 aromatic heterocycles. The first-order valence-corrected chi connectivity index (χ1v) is 9.26. The van der Waals surface area contributed by atoms with E-state index in [-0.39, 0.29) is 17.7 Å². The van der Waals surface area contributed by atoms with Crippen molar-refractivity contribution in [1.82, 2.24) is 15.2 Å². The van der Waals surface area contributed by atoms with E-state index >= 15 is 0 Å². The number of hydrogen-bond acceptors (Lipinski definition) is 3. The molecule has 0 saturated carbocycles. The summed E-state index contributed by atoms with van der Waals surface area (Å²) in [6, 6.07) is 11.8. The Morgan fingerprint density at radius 3 is 2.84 bits per heavy atom. The summed E-state index contributed by atoms with van der Waals surface area (Å²) < 4.78 is 0. The van der Waals surface area contributed by atoms with Crippen molar-refractivity contribution in [3.8, 4) is 0 Å². The molecule has 1 aliphatic rings. The maximum Gasteiger partial charge on any atom is 0.263 e. The average Bonchev–Trinajstić information content (AvgIpc) is 3.23. The Bertz CT molecular complexity index is 894. The van der Waals surface area contributed by atoms with Gasteiger partial charge in [0.15, 0.2) is 0 Å². The van der Waals surface area contributed by atoms with Gasteiger partial charge >= 0.3 is 0 Å². The van der Waals surface area contributed by atoms with Gasteiger partial charge in [0.25, 0.3) is 5.91 Å². The van der Waals surface area contributed by atoms with Crippen LogP contribution >= 0.6 is 11.3 Å². The minimum Gasteiger partial charge on any atom is -0.361 e. The molecule has 1 fully saturated rings. The zero-order chi connectivity index (χ0) is 17.2. The standard InChI is InChI=1S/C19H19N3O2S/c23-18(14-11-22(12-14)19(24)17-6-3-9-25-17)20-8-7-13-10-21-16-5-2-1-4-15(13)16/h1-6,9-10,14,21H,7-8,11-12H2,(H,20,23). The Balaban J connectivity index is 1.24. The fourth-order valence-electron chi connectivity index (χ4n) is 3.17. The lowest BCUT2D eigenvalue weighted by atomic mass is 9.98. The molecule has 0 radical (unpaired) electrons. The van der Waals surface area contributed by atoms with Gasteiger partial charge in [-0.1, -0.05) is 24.3 Å². The van der Waals surface area contributed by atoms with E-state index in [1.807, 2.05) is 41.9 Å². The van der Waals surface area contributed by atoms with Crippen LogP contribution < -0.4 is 5.32 Å². The highest BCUT2D eigenvalue weighted by molar-refractivity contribution is 7.12. The first kappa shape index (κ1) is 15.9. The van der Waals surface area contributed by atoms with Gasteiger partial charge in [-0.05, 0) is 29.5 Å². The number of rotatable bonds is 5. The summed E-state index contributed by atoms with van der Waals surface area (Å²) in [6.07, 6.45) is 2.79. The lowest BCUT2D eigenvalue weighted by Gasteiger charge is -2.37. The molecule has 1 aromatic carbocycles. The molecule has 0 spiro atoms. The molecule has 2 N–H and O–H groups in total. The van der Waals surface area contributed by atoms with Gasteiger partial charge in [-0.3, -0.25) is 9.59 Å². The summed E-state index contributed by atoms with van der Waals surface area (Å²) >= 11 is 1.44. The van der Waals surface area contributed by atoms with E-state index in [0.717, 1.165) is 16.8 Å². The average molecular weight is 353 g/mol. The molecule has 0 atom stereocenters. The van der Waals surface area contributed by atoms with Crippen molar-refractivity contribution < 1.29 is 9.59 Å². The number of thiophene rings is 1. The van der Waals surface area contributed by atoms with Crippen molar-refractivity contribution in [2.75, 3.05) is 19.6 Å². The number of amides is 2. The molecule has 4 rings (SSSR count). The molecule has 0 aliphatic carbocycles. The van der Waals surface area contributed by atoms with Crippen LogP contribution in [0.2, 0.25) is 0 Å². The quantitative estimate of drug-likeness (QED) is 0.741. The number of likely N-dealkylation sites (tertiary alicyclic amines) is 1. The molecule has 2 amide bonds. The summed E-state index contributed by atoms with van der Waals surface area (Å²) in [5.41, 5.74) is 2.32. The fraction of sp³-hybridized carbons (Fsp3) is 0.263. The Labute approximate surface area is 149 Å². The summed E-state index contributed by atoms with van der Waals surface area (Å²) in [7, 11) is 0. The molecule has 1 saturated heterocycles. The number of carbonyl (C=O) groups is 2. The highest BCUT2D eigenvalue weighted by atomic mass is 32.1. The topological polar surface area (TPSA) is 65.2 Å². The van der Waals surface area contributed by atoms with Crippen LogP contribution in [0.15, 0.2) is 48.0 Å². The van der Waals surface area contributed by atoms with E-state index in [4.69, 9.17) is 0 Å². The van der Waals surface area contributed by atoms with Crippen LogP contribution in [-0.4, -0.2) is 41.3 Å². The van der Waals surface area contributed by atoms with Gasteiger partial charge in [-0.15, -0.1) is 11.3 Å². The number of hydrogen-bond donors (Lipinski definition) is 2. The van der Waals surface area contributed by atoms with E-state index in [1.54, 1.807) is 4.90 Å². The number of H-pyrrole nitrogens is 1. The third-order valence-electron chi connectivity index (χ3n) is 4.64. The summed E-state index contributed by atoms with van der Waals surface area (Å²) in [6.45, 7) is 1.63. The first-order chi connectivity index (χ1) is 12.2. The van der Waals surface area contributed by atoms with Crippen molar-refractivity contribution in [1.29, 1.82) is 0 Å². The van der Waals surface area contributed by atoms with Crippen molar-refractivity contribution in [2.45, 2.75) is 6.42 Å². The minimum absolute atomic E-state index is 0.0258. The number of para-hydroxylation sites is 1. The number of nitrogens with one attached hydrogen (secondary N) is 2. The molecule has 3 heterocycles. The Kier molecular flexibility index (Phi) is 4.28. The van der Waals surface area contributed by atoms with Crippen molar-refractivity contribution in [3.05, 3.63) is 58.4 Å². The zero-order valence-corrected chi connectivity index (χ0v) is 14.5. The van der Waals surface area contributed by atoms with Gasteiger partial charge in [0.05, 0.1) is 10.8 Å². The largest absolute Gasteiger partial charge is 0.361 e. The second-order valence-corrected chi connectivity index (χ2v) is 7.23. The Morgan fingerprint density at radius 2 is 2.04 bits per heavy atom. The highest BCUT2D eigenvalue weighted by Crippen LogP contribution is 2.21. The zero-order valence-electron chi connectivity index (χ0n) is 13.7. The van der Waals surface area contributed by atoms with Gasteiger partial charge in [-0.25, -0.2) is 0 Å². The van der Waals surface area contributed by atoms with E-state index in [2.05, 4.69) is 16.4 Å². The summed E-state index contributed by atoms with van der Waals surface area (Å²) in [5, 5.41) is 6.09. The van der Waals surface area contributed by atoms with Crippen LogP contribution in [0.4, 0.5) is 0 Å². The van der Waals surface area contributed by atoms with Gasteiger partial charge in [0.2, 0.25) is 5.91 Å². The lowest BCUT2D eigenvalue weighted by Crippen LogP contribution is -2.55. The van der Waals surface area contributed by atoms with Crippen LogP contribution in [0.3, 0.4) is 0 Å². The lowest BCUT2D eigenvalue weighted by molar-refractivity contribution is -0.128. The van der Waals surface area contributed by atoms with Crippen LogP contribution in [0.25, 0.3) is 10.9 Å². The van der Waals surface area contributed by atoms with E-state index in [1.165, 1.54) is 22.3 Å². The Hall–Kier alpha value is -2.60. The first-order valence-electron chi connectivity index (χ1n) is 8.38. The summed E-state index contributed by atoms with van der Waals surface area (Å²) in [5.74, 6) is -0.0280. The number of carbonyl (C=O) groups excluding carboxylic acids is 2. The number of benzene rings is 1. The second-order valence-electron chi connectivity index (χ2n) is 6.28. The van der Waals surface area contributed by atoms with E-state index in [0.29, 0.717) is 19.6 Å². The second kappa shape index (κ2) is 6.72. The molecular weight excluding hydrogens is 334 g/mol. The third kappa shape index (κ3) is 3.17. The van der Waals surface area contributed by atoms with Crippen LogP contribution in [-0.2, 0) is 11.2 Å². The van der Waals surface area contributed by atoms with E-state index < -0.39 is 0 Å². The number of nitrogens with zero attached hydrogens (tertiary/aromatic N) is 1. The molecule has 128 valence electrons. The predicted octanol–water partition coefficient (Wildman–Crippen LogP) is 2.66. The Morgan fingerprint density at radius 1 is 1.20 bits per heavy atom. The van der Waals surface area contributed by atoms with Gasteiger partial charge in [-0.2, -0.15) is 0 Å². The normalized spacial score (nSPS) is 14.5. The van der Waals surface area contributed by atoms with Crippen molar-refractivity contribution >= 4 is 34.1 Å². The number of fused-ring (bicyclic) bond motifs is 1. The molecule has 1 aliphatic heterocycles. The number of aromatic nitrogens is 1. The monoisotopic (exact) mass is 353 g/mol. The molecule has 6 heteroatoms. The minimum atomic E-state index is -0.0909. The predicted molar refractivity (Wildman–Crippen MR) is 98.7 cm³/mol.